The summed E-state index contributed by atoms with van der Waals surface area (Å²) in [6, 6.07) is 12.4. The number of nitrogens with one attached hydrogen (secondary N) is 1. The zero-order valence-corrected chi connectivity index (χ0v) is 10.7. The maximum atomic E-state index is 13.3. The van der Waals surface area contributed by atoms with E-state index in [0.29, 0.717) is 24.6 Å². The molecule has 19 heavy (non-hydrogen) atoms. The number of nitrogens with zero attached hydrogens (tertiary/aromatic N) is 1. The second-order valence-electron chi connectivity index (χ2n) is 4.14. The van der Waals surface area contributed by atoms with E-state index in [1.165, 1.54) is 6.07 Å². The lowest BCUT2D eigenvalue weighted by molar-refractivity contribution is 0.296. The van der Waals surface area contributed by atoms with E-state index in [4.69, 9.17) is 4.74 Å². The summed E-state index contributed by atoms with van der Waals surface area (Å²) in [7, 11) is 0. The number of hydrogen-bond acceptors (Lipinski definition) is 3. The Morgan fingerprint density at radius 1 is 1.11 bits per heavy atom. The van der Waals surface area contributed by atoms with Crippen LogP contribution in [-0.4, -0.2) is 18.1 Å². The van der Waals surface area contributed by atoms with E-state index in [-0.39, 0.29) is 5.82 Å². The van der Waals surface area contributed by atoms with Gasteiger partial charge in [0.1, 0.15) is 5.82 Å². The fourth-order valence-corrected chi connectivity index (χ4v) is 1.67. The van der Waals surface area contributed by atoms with Crippen LogP contribution in [0.5, 0.6) is 5.88 Å². The molecule has 2 aromatic rings. The highest BCUT2D eigenvalue weighted by molar-refractivity contribution is 5.16. The van der Waals surface area contributed by atoms with Crippen LogP contribution in [-0.2, 0) is 6.54 Å². The maximum absolute atomic E-state index is 13.3. The average Bonchev–Trinajstić information content (AvgIpc) is 2.45. The summed E-state index contributed by atoms with van der Waals surface area (Å²) in [4.78, 5) is 4.06. The molecule has 0 saturated carbocycles. The van der Waals surface area contributed by atoms with Crippen molar-refractivity contribution in [1.29, 1.82) is 0 Å². The third-order valence-electron chi connectivity index (χ3n) is 2.66. The van der Waals surface area contributed by atoms with Crippen LogP contribution in [0.3, 0.4) is 0 Å². The first-order chi connectivity index (χ1) is 9.36. The highest BCUT2D eigenvalue weighted by Crippen LogP contribution is 2.05. The molecule has 0 bridgehead atoms. The number of halogens is 1. The molecule has 0 aliphatic carbocycles. The quantitative estimate of drug-likeness (QED) is 0.777. The molecule has 0 spiro atoms. The third kappa shape index (κ3) is 4.67. The molecule has 0 saturated heterocycles. The van der Waals surface area contributed by atoms with Gasteiger partial charge in [-0.05, 0) is 25.1 Å². The van der Waals surface area contributed by atoms with Crippen molar-refractivity contribution in [3.05, 3.63) is 60.0 Å². The standard InChI is InChI=1S/C15H17FN2O/c16-14-7-2-1-6-13(14)12-17-9-5-11-19-15-8-3-4-10-18-15/h1-4,6-8,10,17H,5,9,11-12H2. The molecule has 4 heteroatoms. The van der Waals surface area contributed by atoms with E-state index in [9.17, 15) is 4.39 Å². The largest absolute Gasteiger partial charge is 0.478 e. The molecular weight excluding hydrogens is 243 g/mol. The van der Waals surface area contributed by atoms with Gasteiger partial charge in [0.25, 0.3) is 0 Å². The molecule has 0 atom stereocenters. The fourth-order valence-electron chi connectivity index (χ4n) is 1.67. The normalized spacial score (nSPS) is 10.4. The van der Waals surface area contributed by atoms with Gasteiger partial charge in [-0.15, -0.1) is 0 Å². The number of aromatic nitrogens is 1. The van der Waals surface area contributed by atoms with Crippen molar-refractivity contribution in [2.24, 2.45) is 0 Å². The summed E-state index contributed by atoms with van der Waals surface area (Å²) < 4.78 is 18.8. The molecule has 0 radical (unpaired) electrons. The highest BCUT2D eigenvalue weighted by Gasteiger charge is 1.99. The first-order valence-corrected chi connectivity index (χ1v) is 6.34. The van der Waals surface area contributed by atoms with Gasteiger partial charge in [0.15, 0.2) is 0 Å². The van der Waals surface area contributed by atoms with Gasteiger partial charge >= 0.3 is 0 Å². The minimum Gasteiger partial charge on any atom is -0.478 e. The number of benzene rings is 1. The van der Waals surface area contributed by atoms with Crippen molar-refractivity contribution in [3.63, 3.8) is 0 Å². The summed E-state index contributed by atoms with van der Waals surface area (Å²) in [5.41, 5.74) is 0.688. The Bertz CT molecular complexity index is 491. The smallest absolute Gasteiger partial charge is 0.213 e. The Morgan fingerprint density at radius 2 is 1.95 bits per heavy atom. The second kappa shape index (κ2) is 7.48. The van der Waals surface area contributed by atoms with Crippen LogP contribution in [0.25, 0.3) is 0 Å². The summed E-state index contributed by atoms with van der Waals surface area (Å²) in [6.07, 6.45) is 2.55. The van der Waals surface area contributed by atoms with E-state index >= 15 is 0 Å². The highest BCUT2D eigenvalue weighted by atomic mass is 19.1. The van der Waals surface area contributed by atoms with Crippen LogP contribution in [0, 0.1) is 5.82 Å². The minimum absolute atomic E-state index is 0.167. The van der Waals surface area contributed by atoms with Crippen LogP contribution < -0.4 is 10.1 Å². The first-order valence-electron chi connectivity index (χ1n) is 6.34. The van der Waals surface area contributed by atoms with Crippen molar-refractivity contribution < 1.29 is 9.13 Å². The molecule has 0 aliphatic heterocycles. The predicted molar refractivity (Wildman–Crippen MR) is 72.5 cm³/mol. The van der Waals surface area contributed by atoms with Crippen molar-refractivity contribution in [1.82, 2.24) is 10.3 Å². The van der Waals surface area contributed by atoms with Gasteiger partial charge in [-0.2, -0.15) is 0 Å². The molecule has 1 aromatic heterocycles. The van der Waals surface area contributed by atoms with E-state index in [2.05, 4.69) is 10.3 Å². The molecular formula is C15H17FN2O. The van der Waals surface area contributed by atoms with E-state index in [1.54, 1.807) is 18.3 Å². The second-order valence-corrected chi connectivity index (χ2v) is 4.14. The average molecular weight is 260 g/mol. The third-order valence-corrected chi connectivity index (χ3v) is 2.66. The fraction of sp³-hybridized carbons (Fsp3) is 0.267. The van der Waals surface area contributed by atoms with Crippen LogP contribution in [0.2, 0.25) is 0 Å². The van der Waals surface area contributed by atoms with E-state index in [1.807, 2.05) is 24.3 Å². The Morgan fingerprint density at radius 3 is 2.74 bits per heavy atom. The van der Waals surface area contributed by atoms with Crippen LogP contribution in [0.4, 0.5) is 4.39 Å². The molecule has 0 aliphatic rings. The molecule has 0 amide bonds. The monoisotopic (exact) mass is 260 g/mol. The van der Waals surface area contributed by atoms with E-state index in [0.717, 1.165) is 13.0 Å². The van der Waals surface area contributed by atoms with Crippen LogP contribution in [0.15, 0.2) is 48.7 Å². The SMILES string of the molecule is Fc1ccccc1CNCCCOc1ccccn1. The van der Waals surface area contributed by atoms with Gasteiger partial charge in [-0.25, -0.2) is 9.37 Å². The Labute approximate surface area is 112 Å². The zero-order valence-electron chi connectivity index (χ0n) is 10.7. The van der Waals surface area contributed by atoms with Gasteiger partial charge in [-0.1, -0.05) is 24.3 Å². The minimum atomic E-state index is -0.167. The van der Waals surface area contributed by atoms with Gasteiger partial charge in [0.2, 0.25) is 5.88 Å². The summed E-state index contributed by atoms with van der Waals surface area (Å²) >= 11 is 0. The lowest BCUT2D eigenvalue weighted by atomic mass is 10.2. The molecule has 0 fully saturated rings. The summed E-state index contributed by atoms with van der Waals surface area (Å²) in [5, 5.41) is 3.19. The van der Waals surface area contributed by atoms with Crippen molar-refractivity contribution in [2.45, 2.75) is 13.0 Å². The molecule has 1 aromatic carbocycles. The number of rotatable bonds is 7. The molecule has 1 N–H and O–H groups in total. The van der Waals surface area contributed by atoms with Crippen LogP contribution >= 0.6 is 0 Å². The van der Waals surface area contributed by atoms with Crippen LogP contribution in [0.1, 0.15) is 12.0 Å². The van der Waals surface area contributed by atoms with Crippen molar-refractivity contribution in [3.8, 4) is 5.88 Å². The predicted octanol–water partition coefficient (Wildman–Crippen LogP) is 2.78. The molecule has 3 nitrogen and oxygen atoms in total. The molecule has 1 heterocycles. The first kappa shape index (κ1) is 13.5. The lowest BCUT2D eigenvalue weighted by Gasteiger charge is -2.07. The topological polar surface area (TPSA) is 34.1 Å². The van der Waals surface area contributed by atoms with Crippen molar-refractivity contribution >= 4 is 0 Å². The Hall–Kier alpha value is -1.94. The summed E-state index contributed by atoms with van der Waals surface area (Å²) in [6.45, 7) is 1.92. The number of hydrogen-bond donors (Lipinski definition) is 1. The zero-order chi connectivity index (χ0) is 13.3. The molecule has 0 unspecified atom stereocenters. The van der Waals surface area contributed by atoms with Gasteiger partial charge in [0, 0.05) is 24.4 Å². The van der Waals surface area contributed by atoms with Crippen molar-refractivity contribution in [2.75, 3.05) is 13.2 Å². The Kier molecular flexibility index (Phi) is 5.31. The van der Waals surface area contributed by atoms with Gasteiger partial charge in [-0.3, -0.25) is 0 Å². The van der Waals surface area contributed by atoms with Gasteiger partial charge in [0.05, 0.1) is 6.61 Å². The van der Waals surface area contributed by atoms with E-state index < -0.39 is 0 Å². The number of pyridine rings is 1. The lowest BCUT2D eigenvalue weighted by Crippen LogP contribution is -2.17. The molecule has 2 rings (SSSR count). The Balaban J connectivity index is 1.59. The molecule has 100 valence electrons. The van der Waals surface area contributed by atoms with Gasteiger partial charge < -0.3 is 10.1 Å². The summed E-state index contributed by atoms with van der Waals surface area (Å²) in [5.74, 6) is 0.469. The number of ether oxygens (including phenoxy) is 1. The maximum Gasteiger partial charge on any atom is 0.213 e.